The Morgan fingerprint density at radius 2 is 1.49 bits per heavy atom. The summed E-state index contributed by atoms with van der Waals surface area (Å²) >= 11 is 12.6. The highest BCUT2D eigenvalue weighted by molar-refractivity contribution is 7.92. The monoisotopic (exact) mass is 665 g/mol. The van der Waals surface area contributed by atoms with E-state index in [4.69, 9.17) is 23.2 Å². The average molecular weight is 667 g/mol. The number of nitrogens with one attached hydrogen (secondary N) is 1. The molecule has 0 saturated heterocycles. The number of sulfonamides is 1. The number of carbonyl (C=O) groups excluding carboxylic acids is 2. The summed E-state index contributed by atoms with van der Waals surface area (Å²) in [6.07, 6.45) is 0.202. The van der Waals surface area contributed by atoms with Crippen LogP contribution in [0.1, 0.15) is 37.5 Å². The van der Waals surface area contributed by atoms with Gasteiger partial charge in [-0.2, -0.15) is 0 Å². The zero-order chi connectivity index (χ0) is 32.8. The molecular weight excluding hydrogens is 629 g/mol. The second kappa shape index (κ2) is 14.5. The van der Waals surface area contributed by atoms with Gasteiger partial charge in [0.25, 0.3) is 10.0 Å². The Hall–Kier alpha value is -3.85. The van der Waals surface area contributed by atoms with Gasteiger partial charge >= 0.3 is 0 Å². The number of nitrogens with zero attached hydrogens (tertiary/aromatic N) is 2. The van der Waals surface area contributed by atoms with Crippen molar-refractivity contribution >= 4 is 50.7 Å². The Morgan fingerprint density at radius 1 is 0.844 bits per heavy atom. The van der Waals surface area contributed by atoms with Gasteiger partial charge in [0.15, 0.2) is 0 Å². The summed E-state index contributed by atoms with van der Waals surface area (Å²) in [5.74, 6) is -0.937. The van der Waals surface area contributed by atoms with Gasteiger partial charge in [-0.1, -0.05) is 83.9 Å². The normalized spacial score (nSPS) is 12.3. The molecule has 0 aliphatic carbocycles. The molecule has 45 heavy (non-hydrogen) atoms. The average Bonchev–Trinajstić information content (AvgIpc) is 2.98. The molecule has 0 aliphatic heterocycles. The molecule has 7 nitrogen and oxygen atoms in total. The van der Waals surface area contributed by atoms with Crippen LogP contribution in [0.15, 0.2) is 108 Å². The molecule has 1 N–H and O–H groups in total. The van der Waals surface area contributed by atoms with Gasteiger partial charge in [-0.25, -0.2) is 8.42 Å². The molecule has 0 fully saturated rings. The summed E-state index contributed by atoms with van der Waals surface area (Å²) in [5.41, 5.74) is 2.01. The largest absolute Gasteiger partial charge is 0.350 e. The Kier molecular flexibility index (Phi) is 11.0. The van der Waals surface area contributed by atoms with E-state index in [-0.39, 0.29) is 23.8 Å². The fourth-order valence-electron chi connectivity index (χ4n) is 4.86. The summed E-state index contributed by atoms with van der Waals surface area (Å²) in [6.45, 7) is 6.85. The fourth-order valence-corrected chi connectivity index (χ4v) is 6.59. The minimum Gasteiger partial charge on any atom is -0.350 e. The number of benzene rings is 4. The third-order valence-corrected chi connectivity index (χ3v) is 9.45. The highest BCUT2D eigenvalue weighted by Gasteiger charge is 2.36. The Labute approximate surface area is 275 Å². The van der Waals surface area contributed by atoms with Crippen LogP contribution >= 0.6 is 23.2 Å². The molecule has 0 heterocycles. The van der Waals surface area contributed by atoms with E-state index in [2.05, 4.69) is 5.32 Å². The van der Waals surface area contributed by atoms with E-state index in [1.807, 2.05) is 64.1 Å². The van der Waals surface area contributed by atoms with Crippen molar-refractivity contribution < 1.29 is 18.0 Å². The van der Waals surface area contributed by atoms with Crippen molar-refractivity contribution in [3.05, 3.63) is 130 Å². The molecular formula is C35H37Cl2N3O4S. The number of carbonyl (C=O) groups is 2. The molecule has 2 amide bonds. The molecule has 0 saturated carbocycles. The number of hydrogen-bond donors (Lipinski definition) is 1. The summed E-state index contributed by atoms with van der Waals surface area (Å²) in [5, 5.41) is 3.83. The van der Waals surface area contributed by atoms with Crippen molar-refractivity contribution in [2.45, 2.75) is 57.1 Å². The SMILES string of the molecule is Cc1cccc(N(CC(=O)N(Cc2ccccc2Cl)C(Cc2ccccc2)C(=O)NC(C)(C)C)S(=O)(=O)c2ccc(Cl)cc2)c1. The van der Waals surface area contributed by atoms with E-state index < -0.39 is 34.1 Å². The summed E-state index contributed by atoms with van der Waals surface area (Å²) < 4.78 is 29.3. The lowest BCUT2D eigenvalue weighted by molar-refractivity contribution is -0.140. The van der Waals surface area contributed by atoms with Crippen LogP contribution in [0, 0.1) is 6.92 Å². The topological polar surface area (TPSA) is 86.8 Å². The number of hydrogen-bond acceptors (Lipinski definition) is 4. The van der Waals surface area contributed by atoms with E-state index in [1.54, 1.807) is 42.5 Å². The van der Waals surface area contributed by atoms with Crippen LogP contribution in [0.5, 0.6) is 0 Å². The van der Waals surface area contributed by atoms with E-state index in [9.17, 15) is 18.0 Å². The number of amides is 2. The van der Waals surface area contributed by atoms with Gasteiger partial charge in [-0.15, -0.1) is 0 Å². The number of rotatable bonds is 11. The molecule has 0 spiro atoms. The predicted molar refractivity (Wildman–Crippen MR) is 181 cm³/mol. The molecule has 0 aromatic heterocycles. The second-order valence-electron chi connectivity index (χ2n) is 11.9. The maximum Gasteiger partial charge on any atom is 0.264 e. The first kappa shape index (κ1) is 34.0. The van der Waals surface area contributed by atoms with Gasteiger partial charge in [0.1, 0.15) is 12.6 Å². The van der Waals surface area contributed by atoms with E-state index in [0.29, 0.717) is 21.3 Å². The van der Waals surface area contributed by atoms with Gasteiger partial charge in [0.2, 0.25) is 11.8 Å². The fraction of sp³-hybridized carbons (Fsp3) is 0.257. The second-order valence-corrected chi connectivity index (χ2v) is 14.6. The maximum atomic E-state index is 14.5. The van der Waals surface area contributed by atoms with Crippen LogP contribution in [0.3, 0.4) is 0 Å². The van der Waals surface area contributed by atoms with Crippen LogP contribution < -0.4 is 9.62 Å². The molecule has 1 atom stereocenters. The smallest absolute Gasteiger partial charge is 0.264 e. The van der Waals surface area contributed by atoms with E-state index in [1.165, 1.54) is 29.2 Å². The molecule has 236 valence electrons. The highest BCUT2D eigenvalue weighted by Crippen LogP contribution is 2.27. The summed E-state index contributed by atoms with van der Waals surface area (Å²) in [6, 6.07) is 28.2. The van der Waals surface area contributed by atoms with Crippen molar-refractivity contribution in [2.24, 2.45) is 0 Å². The van der Waals surface area contributed by atoms with Crippen molar-refractivity contribution in [1.29, 1.82) is 0 Å². The van der Waals surface area contributed by atoms with Gasteiger partial charge in [0, 0.05) is 28.5 Å². The quantitative estimate of drug-likeness (QED) is 0.186. The highest BCUT2D eigenvalue weighted by atomic mass is 35.5. The Balaban J connectivity index is 1.83. The van der Waals surface area contributed by atoms with Crippen LogP contribution in [-0.2, 0) is 32.6 Å². The predicted octanol–water partition coefficient (Wildman–Crippen LogP) is 7.05. The lowest BCUT2D eigenvalue weighted by Gasteiger charge is -2.35. The van der Waals surface area contributed by atoms with Crippen LogP contribution in [0.4, 0.5) is 5.69 Å². The number of halogens is 2. The summed E-state index contributed by atoms with van der Waals surface area (Å²) in [7, 11) is -4.23. The molecule has 4 rings (SSSR count). The molecule has 4 aromatic carbocycles. The molecule has 4 aromatic rings. The van der Waals surface area contributed by atoms with E-state index >= 15 is 0 Å². The first-order valence-electron chi connectivity index (χ1n) is 14.5. The molecule has 0 bridgehead atoms. The van der Waals surface area contributed by atoms with Gasteiger partial charge in [-0.3, -0.25) is 13.9 Å². The third-order valence-electron chi connectivity index (χ3n) is 7.04. The van der Waals surface area contributed by atoms with Crippen LogP contribution in [0.25, 0.3) is 0 Å². The van der Waals surface area contributed by atoms with Crippen LogP contribution in [-0.4, -0.2) is 43.3 Å². The minimum absolute atomic E-state index is 0.0176. The lowest BCUT2D eigenvalue weighted by atomic mass is 10.0. The first-order chi connectivity index (χ1) is 21.2. The zero-order valence-electron chi connectivity index (χ0n) is 25.7. The Morgan fingerprint density at radius 3 is 2.11 bits per heavy atom. The van der Waals surface area contributed by atoms with Gasteiger partial charge < -0.3 is 10.2 Å². The molecule has 0 radical (unpaired) electrons. The van der Waals surface area contributed by atoms with Crippen molar-refractivity contribution in [2.75, 3.05) is 10.8 Å². The molecule has 10 heteroatoms. The third kappa shape index (κ3) is 9.10. The van der Waals surface area contributed by atoms with Crippen molar-refractivity contribution in [3.8, 4) is 0 Å². The van der Waals surface area contributed by atoms with Gasteiger partial charge in [0.05, 0.1) is 10.6 Å². The van der Waals surface area contributed by atoms with Gasteiger partial charge in [-0.05, 0) is 86.8 Å². The number of aryl methyl sites for hydroxylation is 1. The molecule has 0 aliphatic rings. The van der Waals surface area contributed by atoms with Crippen molar-refractivity contribution in [1.82, 2.24) is 10.2 Å². The van der Waals surface area contributed by atoms with Crippen LogP contribution in [0.2, 0.25) is 10.0 Å². The van der Waals surface area contributed by atoms with Crippen molar-refractivity contribution in [3.63, 3.8) is 0 Å². The Bertz CT molecular complexity index is 1740. The maximum absolute atomic E-state index is 14.5. The number of anilines is 1. The molecule has 1 unspecified atom stereocenters. The van der Waals surface area contributed by atoms with E-state index in [0.717, 1.165) is 15.4 Å². The minimum atomic E-state index is -4.23. The summed E-state index contributed by atoms with van der Waals surface area (Å²) in [4.78, 5) is 29.9. The lowest BCUT2D eigenvalue weighted by Crippen LogP contribution is -2.56. The standard InChI is InChI=1S/C35H37Cl2N3O4S/c1-25-11-10-15-29(21-25)40(45(43,44)30-19-17-28(36)18-20-30)24-33(41)39(23-27-14-8-9-16-31(27)37)32(34(42)38-35(2,3)4)22-26-12-6-5-7-13-26/h5-21,32H,22-24H2,1-4H3,(H,38,42). The first-order valence-corrected chi connectivity index (χ1v) is 16.7. The zero-order valence-corrected chi connectivity index (χ0v) is 28.0.